The van der Waals surface area contributed by atoms with Crippen LogP contribution in [0.25, 0.3) is 23.3 Å². The summed E-state index contributed by atoms with van der Waals surface area (Å²) in [6, 6.07) is 16.2. The van der Waals surface area contributed by atoms with Gasteiger partial charge in [0.15, 0.2) is 0 Å². The average molecular weight is 434 g/mol. The number of hydrogen-bond donors (Lipinski definition) is 1. The van der Waals surface area contributed by atoms with Crippen molar-refractivity contribution >= 4 is 41.3 Å². The number of fused-ring (bicyclic) bond motifs is 2. The molecule has 1 N–H and O–H groups in total. The van der Waals surface area contributed by atoms with Crippen LogP contribution in [0, 0.1) is 0 Å². The van der Waals surface area contributed by atoms with Crippen molar-refractivity contribution in [2.45, 2.75) is 13.5 Å². The summed E-state index contributed by atoms with van der Waals surface area (Å²) < 4.78 is 5.17. The van der Waals surface area contributed by atoms with Crippen molar-refractivity contribution in [3.05, 3.63) is 81.9 Å². The predicted octanol–water partition coefficient (Wildman–Crippen LogP) is 5.75. The standard InChI is InChI=1S/C25H20ClNO4/c1-15(28)27-14-19-11-17(22-9-8-21(31-2)13-23(22)25(29)30)5-3-16(19)4-6-18-12-20(26)7-10-24(18)27/h3-13H,14H2,1-2H3,(H,29,30)/b6-4-. The van der Waals surface area contributed by atoms with Crippen LogP contribution in [0.2, 0.25) is 5.02 Å². The van der Waals surface area contributed by atoms with Gasteiger partial charge in [0.1, 0.15) is 5.75 Å². The Morgan fingerprint density at radius 3 is 2.48 bits per heavy atom. The summed E-state index contributed by atoms with van der Waals surface area (Å²) in [5.74, 6) is -0.643. The number of carboxylic acids is 1. The lowest BCUT2D eigenvalue weighted by atomic mass is 9.94. The van der Waals surface area contributed by atoms with Crippen LogP contribution in [0.3, 0.4) is 0 Å². The number of benzene rings is 3. The van der Waals surface area contributed by atoms with Crippen molar-refractivity contribution in [2.24, 2.45) is 0 Å². The van der Waals surface area contributed by atoms with Crippen molar-refractivity contribution < 1.29 is 19.4 Å². The molecule has 0 aliphatic carbocycles. The Labute approximate surface area is 185 Å². The maximum atomic E-state index is 12.5. The third-order valence-corrected chi connectivity index (χ3v) is 5.58. The third kappa shape index (κ3) is 4.05. The number of anilines is 1. The number of hydrogen-bond acceptors (Lipinski definition) is 3. The molecule has 0 unspecified atom stereocenters. The topological polar surface area (TPSA) is 66.8 Å². The van der Waals surface area contributed by atoms with Crippen molar-refractivity contribution in [3.63, 3.8) is 0 Å². The number of rotatable bonds is 3. The molecular formula is C25H20ClNO4. The molecule has 0 aromatic heterocycles. The largest absolute Gasteiger partial charge is 0.497 e. The van der Waals surface area contributed by atoms with E-state index < -0.39 is 5.97 Å². The van der Waals surface area contributed by atoms with E-state index >= 15 is 0 Å². The van der Waals surface area contributed by atoms with Gasteiger partial charge in [0.25, 0.3) is 0 Å². The monoisotopic (exact) mass is 433 g/mol. The zero-order valence-corrected chi connectivity index (χ0v) is 17.8. The molecule has 0 bridgehead atoms. The SMILES string of the molecule is COc1ccc(-c2ccc3c(c2)CN(C(C)=O)c2ccc(Cl)cc2/C=C\3)c(C(=O)O)c1. The molecule has 1 aliphatic rings. The number of amides is 1. The summed E-state index contributed by atoms with van der Waals surface area (Å²) >= 11 is 6.15. The van der Waals surface area contributed by atoms with Gasteiger partial charge in [0.05, 0.1) is 24.9 Å². The molecule has 3 aromatic rings. The molecule has 0 radical (unpaired) electrons. The molecule has 0 saturated heterocycles. The zero-order valence-electron chi connectivity index (χ0n) is 17.1. The normalized spacial score (nSPS) is 13.5. The van der Waals surface area contributed by atoms with Crippen LogP contribution in [0.5, 0.6) is 5.75 Å². The Hall–Kier alpha value is -3.57. The summed E-state index contributed by atoms with van der Waals surface area (Å²) in [6.45, 7) is 1.88. The number of aromatic carboxylic acids is 1. The molecule has 0 fully saturated rings. The van der Waals surface area contributed by atoms with Crippen molar-refractivity contribution in [1.82, 2.24) is 0 Å². The number of carbonyl (C=O) groups is 2. The molecular weight excluding hydrogens is 414 g/mol. The zero-order chi connectivity index (χ0) is 22.1. The van der Waals surface area contributed by atoms with Crippen LogP contribution >= 0.6 is 11.6 Å². The van der Waals surface area contributed by atoms with Crippen molar-refractivity contribution in [2.75, 3.05) is 12.0 Å². The summed E-state index contributed by atoms with van der Waals surface area (Å²) in [7, 11) is 1.50. The Morgan fingerprint density at radius 1 is 1.00 bits per heavy atom. The Balaban J connectivity index is 1.85. The van der Waals surface area contributed by atoms with Crippen LogP contribution in [-0.2, 0) is 11.3 Å². The summed E-state index contributed by atoms with van der Waals surface area (Å²) in [6.07, 6.45) is 3.92. The van der Waals surface area contributed by atoms with E-state index in [9.17, 15) is 14.7 Å². The van der Waals surface area contributed by atoms with E-state index in [1.807, 2.05) is 42.5 Å². The minimum Gasteiger partial charge on any atom is -0.497 e. The van der Waals surface area contributed by atoms with Gasteiger partial charge in [-0.15, -0.1) is 0 Å². The molecule has 5 nitrogen and oxygen atoms in total. The van der Waals surface area contributed by atoms with Crippen molar-refractivity contribution in [3.8, 4) is 16.9 Å². The van der Waals surface area contributed by atoms with Crippen LogP contribution < -0.4 is 9.64 Å². The Morgan fingerprint density at radius 2 is 1.77 bits per heavy atom. The molecule has 1 amide bonds. The van der Waals surface area contributed by atoms with E-state index in [1.54, 1.807) is 23.1 Å². The number of halogens is 1. The second-order valence-corrected chi connectivity index (χ2v) is 7.71. The molecule has 4 rings (SSSR count). The van der Waals surface area contributed by atoms with Gasteiger partial charge in [-0.1, -0.05) is 35.9 Å². The van der Waals surface area contributed by atoms with Gasteiger partial charge in [-0.05, 0) is 70.3 Å². The number of methoxy groups -OCH3 is 1. The van der Waals surface area contributed by atoms with Crippen LogP contribution in [0.1, 0.15) is 34.0 Å². The highest BCUT2D eigenvalue weighted by atomic mass is 35.5. The van der Waals surface area contributed by atoms with E-state index in [0.29, 0.717) is 22.9 Å². The fraction of sp³-hybridized carbons (Fsp3) is 0.120. The second kappa shape index (κ2) is 8.28. The molecule has 0 atom stereocenters. The number of carbonyl (C=O) groups excluding carboxylic acids is 1. The lowest BCUT2D eigenvalue weighted by molar-refractivity contribution is -0.116. The van der Waals surface area contributed by atoms with E-state index in [1.165, 1.54) is 20.1 Å². The van der Waals surface area contributed by atoms with Gasteiger partial charge < -0.3 is 14.7 Å². The molecule has 6 heteroatoms. The van der Waals surface area contributed by atoms with Crippen molar-refractivity contribution in [1.29, 1.82) is 0 Å². The smallest absolute Gasteiger partial charge is 0.336 e. The molecule has 0 saturated carbocycles. The Kier molecular flexibility index (Phi) is 5.53. The molecule has 1 heterocycles. The minimum absolute atomic E-state index is 0.0918. The fourth-order valence-corrected chi connectivity index (χ4v) is 3.95. The highest BCUT2D eigenvalue weighted by Crippen LogP contribution is 2.34. The highest BCUT2D eigenvalue weighted by molar-refractivity contribution is 6.30. The summed E-state index contributed by atoms with van der Waals surface area (Å²) in [5.41, 5.74) is 5.00. The first kappa shape index (κ1) is 20.7. The first-order valence-corrected chi connectivity index (χ1v) is 10.1. The van der Waals surface area contributed by atoms with E-state index in [-0.39, 0.29) is 11.5 Å². The third-order valence-electron chi connectivity index (χ3n) is 5.34. The number of carboxylic acid groups (broad SMARTS) is 1. The van der Waals surface area contributed by atoms with Gasteiger partial charge in [-0.2, -0.15) is 0 Å². The molecule has 3 aromatic carbocycles. The first-order chi connectivity index (χ1) is 14.9. The van der Waals surface area contributed by atoms with Crippen LogP contribution in [0.15, 0.2) is 54.6 Å². The van der Waals surface area contributed by atoms with Gasteiger partial charge in [-0.25, -0.2) is 4.79 Å². The molecule has 1 aliphatic heterocycles. The average Bonchev–Trinajstić information content (AvgIpc) is 2.74. The Bertz CT molecular complexity index is 1230. The van der Waals surface area contributed by atoms with E-state index in [0.717, 1.165) is 27.9 Å². The fourth-order valence-electron chi connectivity index (χ4n) is 3.77. The lowest BCUT2D eigenvalue weighted by Gasteiger charge is -2.26. The molecule has 156 valence electrons. The quantitative estimate of drug-likeness (QED) is 0.571. The summed E-state index contributed by atoms with van der Waals surface area (Å²) in [4.78, 5) is 26.0. The minimum atomic E-state index is -1.03. The van der Waals surface area contributed by atoms with Crippen LogP contribution in [0.4, 0.5) is 5.69 Å². The maximum Gasteiger partial charge on any atom is 0.336 e. The lowest BCUT2D eigenvalue weighted by Crippen LogP contribution is -2.29. The number of nitrogens with zero attached hydrogens (tertiary/aromatic N) is 1. The predicted molar refractivity (Wildman–Crippen MR) is 123 cm³/mol. The highest BCUT2D eigenvalue weighted by Gasteiger charge is 2.20. The second-order valence-electron chi connectivity index (χ2n) is 7.27. The molecule has 0 spiro atoms. The van der Waals surface area contributed by atoms with Crippen LogP contribution in [-0.4, -0.2) is 24.1 Å². The maximum absolute atomic E-state index is 12.5. The van der Waals surface area contributed by atoms with Gasteiger partial charge in [0, 0.05) is 11.9 Å². The van der Waals surface area contributed by atoms with Gasteiger partial charge in [0.2, 0.25) is 5.91 Å². The van der Waals surface area contributed by atoms with Gasteiger partial charge >= 0.3 is 5.97 Å². The first-order valence-electron chi connectivity index (χ1n) is 9.67. The van der Waals surface area contributed by atoms with E-state index in [4.69, 9.17) is 16.3 Å². The van der Waals surface area contributed by atoms with Gasteiger partial charge in [-0.3, -0.25) is 4.79 Å². The summed E-state index contributed by atoms with van der Waals surface area (Å²) in [5, 5.41) is 10.3. The number of ether oxygens (including phenoxy) is 1. The molecule has 31 heavy (non-hydrogen) atoms. The van der Waals surface area contributed by atoms with E-state index in [2.05, 4.69) is 0 Å².